The standard InChI is InChI=1S/C18H25N3O2/c1-3-17-19-15-6-4-5-7-16(15)21(17)11-8-18(22)20(2)14-9-12-23-13-10-14/h4-7,14H,3,8-13H2,1-2H3. The van der Waals surface area contributed by atoms with Gasteiger partial charge in [0.05, 0.1) is 11.0 Å². The van der Waals surface area contributed by atoms with Crippen molar-refractivity contribution in [2.75, 3.05) is 20.3 Å². The third-order valence-corrected chi connectivity index (χ3v) is 4.73. The molecule has 2 heterocycles. The molecule has 0 atom stereocenters. The number of carbonyl (C=O) groups excluding carboxylic acids is 1. The minimum atomic E-state index is 0.205. The smallest absolute Gasteiger partial charge is 0.224 e. The average molecular weight is 315 g/mol. The van der Waals surface area contributed by atoms with Gasteiger partial charge in [-0.25, -0.2) is 4.98 Å². The zero-order valence-corrected chi connectivity index (χ0v) is 14.0. The maximum atomic E-state index is 12.5. The first-order valence-electron chi connectivity index (χ1n) is 8.48. The first kappa shape index (κ1) is 16.0. The summed E-state index contributed by atoms with van der Waals surface area (Å²) >= 11 is 0. The van der Waals surface area contributed by atoms with Crippen molar-refractivity contribution in [3.05, 3.63) is 30.1 Å². The number of rotatable bonds is 5. The lowest BCUT2D eigenvalue weighted by Gasteiger charge is -2.31. The molecule has 0 radical (unpaired) electrons. The number of benzene rings is 1. The Hall–Kier alpha value is -1.88. The fourth-order valence-corrected chi connectivity index (χ4v) is 3.30. The van der Waals surface area contributed by atoms with Gasteiger partial charge in [0.1, 0.15) is 5.82 Å². The summed E-state index contributed by atoms with van der Waals surface area (Å²) in [5.41, 5.74) is 2.13. The number of hydrogen-bond acceptors (Lipinski definition) is 3. The highest BCUT2D eigenvalue weighted by Crippen LogP contribution is 2.18. The molecular formula is C18H25N3O2. The van der Waals surface area contributed by atoms with Crippen LogP contribution in [0.25, 0.3) is 11.0 Å². The van der Waals surface area contributed by atoms with Gasteiger partial charge in [-0.3, -0.25) is 4.79 Å². The van der Waals surface area contributed by atoms with Gasteiger partial charge in [-0.1, -0.05) is 19.1 Å². The van der Waals surface area contributed by atoms with E-state index in [9.17, 15) is 4.79 Å². The molecule has 1 fully saturated rings. The molecule has 0 N–H and O–H groups in total. The fourth-order valence-electron chi connectivity index (χ4n) is 3.30. The summed E-state index contributed by atoms with van der Waals surface area (Å²) in [5.74, 6) is 1.25. The summed E-state index contributed by atoms with van der Waals surface area (Å²) in [6.07, 6.45) is 3.27. The Balaban J connectivity index is 1.69. The number of ether oxygens (including phenoxy) is 1. The van der Waals surface area contributed by atoms with Crippen molar-refractivity contribution in [2.45, 2.75) is 45.2 Å². The van der Waals surface area contributed by atoms with E-state index in [1.807, 2.05) is 30.1 Å². The summed E-state index contributed by atoms with van der Waals surface area (Å²) in [7, 11) is 1.92. The van der Waals surface area contributed by atoms with Crippen LogP contribution in [0.5, 0.6) is 0 Å². The lowest BCUT2D eigenvalue weighted by Crippen LogP contribution is -2.40. The lowest BCUT2D eigenvalue weighted by atomic mass is 10.1. The van der Waals surface area contributed by atoms with Gasteiger partial charge >= 0.3 is 0 Å². The molecule has 0 bridgehead atoms. The number of aromatic nitrogens is 2. The van der Waals surface area contributed by atoms with Crippen molar-refractivity contribution in [1.82, 2.24) is 14.5 Å². The van der Waals surface area contributed by atoms with Gasteiger partial charge in [0, 0.05) is 45.7 Å². The first-order chi connectivity index (χ1) is 11.2. The van der Waals surface area contributed by atoms with Crippen LogP contribution in [0.3, 0.4) is 0 Å². The first-order valence-corrected chi connectivity index (χ1v) is 8.48. The molecule has 1 aliphatic heterocycles. The van der Waals surface area contributed by atoms with Gasteiger partial charge in [0.25, 0.3) is 0 Å². The van der Waals surface area contributed by atoms with E-state index in [-0.39, 0.29) is 5.91 Å². The Bertz CT molecular complexity index is 674. The van der Waals surface area contributed by atoms with Crippen molar-refractivity contribution in [3.8, 4) is 0 Å². The van der Waals surface area contributed by atoms with Crippen molar-refractivity contribution in [3.63, 3.8) is 0 Å². The zero-order chi connectivity index (χ0) is 16.2. The summed E-state index contributed by atoms with van der Waals surface area (Å²) < 4.78 is 7.56. The van der Waals surface area contributed by atoms with E-state index in [2.05, 4.69) is 22.5 Å². The van der Waals surface area contributed by atoms with E-state index < -0.39 is 0 Å². The Morgan fingerprint density at radius 1 is 1.35 bits per heavy atom. The van der Waals surface area contributed by atoms with Gasteiger partial charge in [-0.15, -0.1) is 0 Å². The molecule has 1 amide bonds. The van der Waals surface area contributed by atoms with Gasteiger partial charge in [-0.2, -0.15) is 0 Å². The van der Waals surface area contributed by atoms with E-state index in [1.54, 1.807) is 0 Å². The highest BCUT2D eigenvalue weighted by atomic mass is 16.5. The van der Waals surface area contributed by atoms with Crippen LogP contribution in [0.4, 0.5) is 0 Å². The van der Waals surface area contributed by atoms with Crippen LogP contribution in [0.2, 0.25) is 0 Å². The second-order valence-electron chi connectivity index (χ2n) is 6.12. The Morgan fingerprint density at radius 3 is 2.83 bits per heavy atom. The molecule has 0 aliphatic carbocycles. The van der Waals surface area contributed by atoms with Crippen molar-refractivity contribution >= 4 is 16.9 Å². The number of para-hydroxylation sites is 2. The summed E-state index contributed by atoms with van der Waals surface area (Å²) in [6.45, 7) is 4.31. The molecule has 2 aromatic rings. The molecular weight excluding hydrogens is 290 g/mol. The normalized spacial score (nSPS) is 15.9. The summed E-state index contributed by atoms with van der Waals surface area (Å²) in [4.78, 5) is 19.1. The predicted molar refractivity (Wildman–Crippen MR) is 90.3 cm³/mol. The maximum absolute atomic E-state index is 12.5. The Morgan fingerprint density at radius 2 is 2.09 bits per heavy atom. The summed E-state index contributed by atoms with van der Waals surface area (Å²) in [5, 5.41) is 0. The predicted octanol–water partition coefficient (Wildman–Crippen LogP) is 2.63. The SMILES string of the molecule is CCc1nc2ccccc2n1CCC(=O)N(C)C1CCOCC1. The topological polar surface area (TPSA) is 47.4 Å². The Labute approximate surface area is 137 Å². The molecule has 0 saturated carbocycles. The monoisotopic (exact) mass is 315 g/mol. The van der Waals surface area contributed by atoms with Crippen LogP contribution in [0.1, 0.15) is 32.0 Å². The summed E-state index contributed by atoms with van der Waals surface area (Å²) in [6, 6.07) is 8.45. The lowest BCUT2D eigenvalue weighted by molar-refractivity contribution is -0.133. The van der Waals surface area contributed by atoms with E-state index in [1.165, 1.54) is 0 Å². The van der Waals surface area contributed by atoms with Crippen LogP contribution >= 0.6 is 0 Å². The van der Waals surface area contributed by atoms with Gasteiger partial charge in [0.15, 0.2) is 0 Å². The van der Waals surface area contributed by atoms with Crippen LogP contribution < -0.4 is 0 Å². The quantitative estimate of drug-likeness (QED) is 0.852. The van der Waals surface area contributed by atoms with E-state index in [4.69, 9.17) is 4.74 Å². The van der Waals surface area contributed by atoms with Crippen LogP contribution in [-0.4, -0.2) is 46.7 Å². The van der Waals surface area contributed by atoms with Crippen molar-refractivity contribution < 1.29 is 9.53 Å². The zero-order valence-electron chi connectivity index (χ0n) is 14.0. The fraction of sp³-hybridized carbons (Fsp3) is 0.556. The third kappa shape index (κ3) is 3.39. The van der Waals surface area contributed by atoms with E-state index in [0.717, 1.165) is 49.3 Å². The molecule has 3 rings (SSSR count). The molecule has 1 aromatic heterocycles. The molecule has 1 saturated heterocycles. The van der Waals surface area contributed by atoms with Crippen LogP contribution in [-0.2, 0) is 22.5 Å². The molecule has 0 spiro atoms. The minimum absolute atomic E-state index is 0.205. The van der Waals surface area contributed by atoms with E-state index in [0.29, 0.717) is 19.0 Å². The third-order valence-electron chi connectivity index (χ3n) is 4.73. The molecule has 23 heavy (non-hydrogen) atoms. The largest absolute Gasteiger partial charge is 0.381 e. The van der Waals surface area contributed by atoms with Crippen molar-refractivity contribution in [1.29, 1.82) is 0 Å². The second-order valence-corrected chi connectivity index (χ2v) is 6.12. The number of hydrogen-bond donors (Lipinski definition) is 0. The number of aryl methyl sites for hydroxylation is 2. The molecule has 5 heteroatoms. The number of nitrogens with zero attached hydrogens (tertiary/aromatic N) is 3. The number of imidazole rings is 1. The van der Waals surface area contributed by atoms with Gasteiger partial charge in [0.2, 0.25) is 5.91 Å². The van der Waals surface area contributed by atoms with Gasteiger partial charge in [-0.05, 0) is 25.0 Å². The van der Waals surface area contributed by atoms with Crippen LogP contribution in [0, 0.1) is 0 Å². The molecule has 1 aromatic carbocycles. The highest BCUT2D eigenvalue weighted by molar-refractivity contribution is 5.78. The Kier molecular flexibility index (Phi) is 4.96. The van der Waals surface area contributed by atoms with Crippen LogP contribution in [0.15, 0.2) is 24.3 Å². The number of amides is 1. The second kappa shape index (κ2) is 7.13. The average Bonchev–Trinajstić information content (AvgIpc) is 2.97. The minimum Gasteiger partial charge on any atom is -0.381 e. The molecule has 124 valence electrons. The molecule has 0 unspecified atom stereocenters. The van der Waals surface area contributed by atoms with Gasteiger partial charge < -0.3 is 14.2 Å². The molecule has 5 nitrogen and oxygen atoms in total. The van der Waals surface area contributed by atoms with E-state index >= 15 is 0 Å². The highest BCUT2D eigenvalue weighted by Gasteiger charge is 2.22. The number of carbonyl (C=O) groups is 1. The molecule has 1 aliphatic rings. The maximum Gasteiger partial charge on any atom is 0.224 e. The van der Waals surface area contributed by atoms with Crippen molar-refractivity contribution in [2.24, 2.45) is 0 Å². The number of fused-ring (bicyclic) bond motifs is 1.